The van der Waals surface area contributed by atoms with Gasteiger partial charge in [0.1, 0.15) is 5.84 Å². The Kier molecular flexibility index (Phi) is 3.38. The van der Waals surface area contributed by atoms with E-state index in [1.165, 1.54) is 22.5 Å². The largest absolute Gasteiger partial charge is 0.378 e. The molecule has 3 heterocycles. The number of fused-ring (bicyclic) bond motifs is 2. The average molecular weight is 384 g/mol. The second-order valence-corrected chi connectivity index (χ2v) is 7.30. The highest BCUT2D eigenvalue weighted by molar-refractivity contribution is 9.10. The number of nitrogens with zero attached hydrogens (tertiary/aromatic N) is 3. The molecule has 0 unspecified atom stereocenters. The first-order chi connectivity index (χ1) is 11.8. The quantitative estimate of drug-likeness (QED) is 0.691. The minimum atomic E-state index is 0.767. The number of amidine groups is 1. The van der Waals surface area contributed by atoms with Crippen LogP contribution < -0.4 is 4.90 Å². The molecule has 5 heteroatoms. The zero-order chi connectivity index (χ0) is 16.1. The van der Waals surface area contributed by atoms with Crippen LogP contribution in [0.5, 0.6) is 0 Å². The van der Waals surface area contributed by atoms with Crippen LogP contribution in [0.1, 0.15) is 11.1 Å². The smallest absolute Gasteiger partial charge is 0.138 e. The summed E-state index contributed by atoms with van der Waals surface area (Å²) in [5.74, 6) is 1.08. The zero-order valence-corrected chi connectivity index (χ0v) is 14.9. The Bertz CT molecular complexity index is 843. The number of para-hydroxylation sites is 1. The number of halogens is 1. The lowest BCUT2D eigenvalue weighted by Crippen LogP contribution is -2.41. The molecule has 24 heavy (non-hydrogen) atoms. The Morgan fingerprint density at radius 1 is 1.04 bits per heavy atom. The van der Waals surface area contributed by atoms with Crippen molar-refractivity contribution >= 4 is 38.8 Å². The van der Waals surface area contributed by atoms with Gasteiger partial charge in [0.05, 0.1) is 30.3 Å². The highest BCUT2D eigenvalue weighted by atomic mass is 79.9. The number of ether oxygens (including phenoxy) is 1. The van der Waals surface area contributed by atoms with Crippen molar-refractivity contribution < 1.29 is 4.74 Å². The third-order valence-corrected chi connectivity index (χ3v) is 5.49. The Balaban J connectivity index is 1.76. The van der Waals surface area contributed by atoms with Gasteiger partial charge in [0, 0.05) is 29.7 Å². The molecule has 0 bridgehead atoms. The zero-order valence-electron chi connectivity index (χ0n) is 13.3. The van der Waals surface area contributed by atoms with Crippen molar-refractivity contribution in [1.82, 2.24) is 4.90 Å². The van der Waals surface area contributed by atoms with Gasteiger partial charge in [-0.05, 0) is 36.2 Å². The lowest BCUT2D eigenvalue weighted by Gasteiger charge is -2.30. The highest BCUT2D eigenvalue weighted by Crippen LogP contribution is 2.45. The topological polar surface area (TPSA) is 28.1 Å². The second kappa shape index (κ2) is 5.60. The fourth-order valence-electron chi connectivity index (χ4n) is 3.88. The monoisotopic (exact) mass is 383 g/mol. The minimum Gasteiger partial charge on any atom is -0.378 e. The molecule has 0 radical (unpaired) electrons. The maximum absolute atomic E-state index is 5.54. The first kappa shape index (κ1) is 14.5. The van der Waals surface area contributed by atoms with Gasteiger partial charge in [-0.3, -0.25) is 0 Å². The van der Waals surface area contributed by atoms with Crippen molar-refractivity contribution in [1.29, 1.82) is 0 Å². The Morgan fingerprint density at radius 3 is 2.79 bits per heavy atom. The summed E-state index contributed by atoms with van der Waals surface area (Å²) in [4.78, 5) is 9.91. The van der Waals surface area contributed by atoms with Gasteiger partial charge in [-0.2, -0.15) is 0 Å². The number of anilines is 2. The molecule has 1 fully saturated rings. The Morgan fingerprint density at radius 2 is 1.92 bits per heavy atom. The van der Waals surface area contributed by atoms with Crippen molar-refractivity contribution in [3.05, 3.63) is 52.0 Å². The maximum atomic E-state index is 5.54. The molecule has 2 aromatic rings. The molecule has 3 aliphatic rings. The van der Waals surface area contributed by atoms with E-state index in [9.17, 15) is 0 Å². The molecule has 0 aromatic heterocycles. The Hall–Kier alpha value is -1.85. The van der Waals surface area contributed by atoms with E-state index in [-0.39, 0.29) is 0 Å². The molecule has 3 aliphatic heterocycles. The van der Waals surface area contributed by atoms with E-state index in [0.29, 0.717) is 0 Å². The van der Waals surface area contributed by atoms with E-state index >= 15 is 0 Å². The van der Waals surface area contributed by atoms with Crippen LogP contribution in [0.3, 0.4) is 0 Å². The molecular formula is C19H18BrN3O. The number of morpholine rings is 1. The highest BCUT2D eigenvalue weighted by Gasteiger charge is 2.31. The van der Waals surface area contributed by atoms with Crippen molar-refractivity contribution in [2.75, 3.05) is 37.7 Å². The van der Waals surface area contributed by atoms with Crippen molar-refractivity contribution in [3.8, 4) is 0 Å². The fourth-order valence-corrected chi connectivity index (χ4v) is 4.23. The first-order valence-electron chi connectivity index (χ1n) is 8.42. The van der Waals surface area contributed by atoms with Crippen LogP contribution in [0, 0.1) is 0 Å². The van der Waals surface area contributed by atoms with Gasteiger partial charge in [0.2, 0.25) is 0 Å². The molecule has 0 spiro atoms. The van der Waals surface area contributed by atoms with Crippen LogP contribution in [0.25, 0.3) is 0 Å². The Labute approximate surface area is 149 Å². The molecule has 4 nitrogen and oxygen atoms in total. The van der Waals surface area contributed by atoms with Crippen LogP contribution in [0.4, 0.5) is 17.1 Å². The molecule has 0 amide bonds. The standard InChI is InChI=1S/C19H18BrN3O/c20-14-4-5-17-16(12-14)21-19(22-8-10-24-11-9-22)15-3-1-2-13-6-7-23(17)18(13)15/h1-5,12H,6-11H2. The normalized spacial score (nSPS) is 18.8. The number of aliphatic imine (C=N–C) groups is 1. The number of hydrogen-bond acceptors (Lipinski definition) is 4. The van der Waals surface area contributed by atoms with E-state index in [0.717, 1.165) is 55.3 Å². The van der Waals surface area contributed by atoms with E-state index in [4.69, 9.17) is 9.73 Å². The molecule has 0 aliphatic carbocycles. The van der Waals surface area contributed by atoms with Gasteiger partial charge in [-0.15, -0.1) is 0 Å². The first-order valence-corrected chi connectivity index (χ1v) is 9.21. The lowest BCUT2D eigenvalue weighted by atomic mass is 10.1. The van der Waals surface area contributed by atoms with Gasteiger partial charge >= 0.3 is 0 Å². The molecule has 0 saturated carbocycles. The number of rotatable bonds is 0. The third kappa shape index (κ3) is 2.19. The second-order valence-electron chi connectivity index (χ2n) is 6.38. The molecule has 2 aromatic carbocycles. The average Bonchev–Trinajstić information content (AvgIpc) is 2.98. The van der Waals surface area contributed by atoms with Crippen molar-refractivity contribution in [2.24, 2.45) is 4.99 Å². The van der Waals surface area contributed by atoms with Crippen LogP contribution in [-0.4, -0.2) is 43.6 Å². The van der Waals surface area contributed by atoms with Crippen molar-refractivity contribution in [2.45, 2.75) is 6.42 Å². The van der Waals surface area contributed by atoms with E-state index in [1.807, 2.05) is 0 Å². The summed E-state index contributed by atoms with van der Waals surface area (Å²) in [5, 5.41) is 0. The summed E-state index contributed by atoms with van der Waals surface area (Å²) >= 11 is 3.60. The van der Waals surface area contributed by atoms with Crippen LogP contribution >= 0.6 is 15.9 Å². The number of hydrogen-bond donors (Lipinski definition) is 0. The summed E-state index contributed by atoms with van der Waals surface area (Å²) in [6, 6.07) is 13.0. The van der Waals surface area contributed by atoms with Gasteiger partial charge in [0.25, 0.3) is 0 Å². The van der Waals surface area contributed by atoms with Gasteiger partial charge in [0.15, 0.2) is 0 Å². The molecule has 1 saturated heterocycles. The maximum Gasteiger partial charge on any atom is 0.138 e. The molecular weight excluding hydrogens is 366 g/mol. The van der Waals surface area contributed by atoms with Crippen LogP contribution in [0.2, 0.25) is 0 Å². The third-order valence-electron chi connectivity index (χ3n) is 5.00. The van der Waals surface area contributed by atoms with Crippen LogP contribution in [-0.2, 0) is 11.2 Å². The number of benzene rings is 2. The van der Waals surface area contributed by atoms with E-state index in [1.54, 1.807) is 0 Å². The SMILES string of the molecule is Brc1ccc2c(c1)N=C(N1CCOCC1)c1cccc3c1N2CC3. The predicted molar refractivity (Wildman–Crippen MR) is 99.9 cm³/mol. The molecule has 122 valence electrons. The van der Waals surface area contributed by atoms with E-state index in [2.05, 4.69) is 62.1 Å². The summed E-state index contributed by atoms with van der Waals surface area (Å²) < 4.78 is 6.61. The van der Waals surface area contributed by atoms with Gasteiger partial charge < -0.3 is 14.5 Å². The van der Waals surface area contributed by atoms with Crippen LogP contribution in [0.15, 0.2) is 45.9 Å². The molecule has 0 N–H and O–H groups in total. The predicted octanol–water partition coefficient (Wildman–Crippen LogP) is 3.87. The minimum absolute atomic E-state index is 0.767. The summed E-state index contributed by atoms with van der Waals surface area (Å²) in [6.07, 6.45) is 1.09. The van der Waals surface area contributed by atoms with Crippen molar-refractivity contribution in [3.63, 3.8) is 0 Å². The van der Waals surface area contributed by atoms with Gasteiger partial charge in [-0.25, -0.2) is 4.99 Å². The summed E-state index contributed by atoms with van der Waals surface area (Å²) in [7, 11) is 0. The summed E-state index contributed by atoms with van der Waals surface area (Å²) in [5.41, 5.74) is 6.25. The van der Waals surface area contributed by atoms with E-state index < -0.39 is 0 Å². The lowest BCUT2D eigenvalue weighted by molar-refractivity contribution is 0.0683. The molecule has 0 atom stereocenters. The molecule has 5 rings (SSSR count). The summed E-state index contributed by atoms with van der Waals surface area (Å²) in [6.45, 7) is 4.34. The fraction of sp³-hybridized carbons (Fsp3) is 0.316. The van der Waals surface area contributed by atoms with Gasteiger partial charge in [-0.1, -0.05) is 28.1 Å².